The van der Waals surface area contributed by atoms with Crippen LogP contribution in [-0.2, 0) is 17.0 Å². The van der Waals surface area contributed by atoms with Crippen molar-refractivity contribution in [1.29, 1.82) is 5.26 Å². The van der Waals surface area contributed by atoms with Gasteiger partial charge < -0.3 is 14.6 Å². The Balaban J connectivity index is 1.31. The number of fused-ring (bicyclic) bond motifs is 1. The summed E-state index contributed by atoms with van der Waals surface area (Å²) >= 11 is 1.52. The molecule has 0 saturated carbocycles. The molecule has 0 bridgehead atoms. The minimum absolute atomic E-state index is 0.0714. The van der Waals surface area contributed by atoms with Crippen LogP contribution in [0, 0.1) is 11.3 Å². The van der Waals surface area contributed by atoms with Gasteiger partial charge in [0.05, 0.1) is 29.2 Å². The van der Waals surface area contributed by atoms with Crippen molar-refractivity contribution in [2.24, 2.45) is 0 Å². The van der Waals surface area contributed by atoms with Gasteiger partial charge in [0, 0.05) is 23.7 Å². The van der Waals surface area contributed by atoms with Crippen molar-refractivity contribution < 1.29 is 14.0 Å². The second kappa shape index (κ2) is 8.89. The van der Waals surface area contributed by atoms with Gasteiger partial charge in [-0.2, -0.15) is 5.26 Å². The number of amides is 2. The Bertz CT molecular complexity index is 1100. The lowest BCUT2D eigenvalue weighted by atomic mass is 10.1. The number of anilines is 2. The summed E-state index contributed by atoms with van der Waals surface area (Å²) in [5.74, 6) is 0.882. The van der Waals surface area contributed by atoms with Gasteiger partial charge in [-0.25, -0.2) is 0 Å². The number of hydrogen-bond donors (Lipinski definition) is 1. The number of benzene rings is 2. The SMILES string of the molecule is N#Cc1ccc(CSCC(=O)Nc2ccc3c(c2)CCN3C(=O)c2ccoc2)cc1. The number of carbonyl (C=O) groups excluding carboxylic acids is 2. The van der Waals surface area contributed by atoms with Crippen molar-refractivity contribution in [3.63, 3.8) is 0 Å². The number of nitrogens with one attached hydrogen (secondary N) is 1. The molecule has 1 aliphatic heterocycles. The number of thioether (sulfide) groups is 1. The van der Waals surface area contributed by atoms with Crippen LogP contribution >= 0.6 is 11.8 Å². The average Bonchev–Trinajstić information content (AvgIpc) is 3.44. The Kier molecular flexibility index (Phi) is 5.87. The third-order valence-corrected chi connectivity index (χ3v) is 5.86. The molecular formula is C23H19N3O3S. The smallest absolute Gasteiger partial charge is 0.261 e. The number of nitriles is 1. The molecule has 4 rings (SSSR count). The highest BCUT2D eigenvalue weighted by Gasteiger charge is 2.26. The molecule has 0 atom stereocenters. The van der Waals surface area contributed by atoms with Crippen molar-refractivity contribution >= 4 is 35.0 Å². The Morgan fingerprint density at radius 1 is 1.17 bits per heavy atom. The van der Waals surface area contributed by atoms with E-state index >= 15 is 0 Å². The molecule has 1 aromatic heterocycles. The maximum absolute atomic E-state index is 12.6. The zero-order valence-corrected chi connectivity index (χ0v) is 16.9. The number of hydrogen-bond acceptors (Lipinski definition) is 5. The lowest BCUT2D eigenvalue weighted by Crippen LogP contribution is -2.28. The maximum atomic E-state index is 12.6. The molecule has 150 valence electrons. The van der Waals surface area contributed by atoms with E-state index in [0.29, 0.717) is 29.2 Å². The predicted octanol–water partition coefficient (Wildman–Crippen LogP) is 4.23. The van der Waals surface area contributed by atoms with Crippen LogP contribution < -0.4 is 10.2 Å². The lowest BCUT2D eigenvalue weighted by molar-refractivity contribution is -0.113. The van der Waals surface area contributed by atoms with Crippen LogP contribution in [0.2, 0.25) is 0 Å². The molecule has 6 nitrogen and oxygen atoms in total. The fourth-order valence-electron chi connectivity index (χ4n) is 3.37. The summed E-state index contributed by atoms with van der Waals surface area (Å²) in [5, 5.41) is 11.8. The molecule has 2 heterocycles. The van der Waals surface area contributed by atoms with Gasteiger partial charge in [0.2, 0.25) is 5.91 Å². The van der Waals surface area contributed by atoms with E-state index in [2.05, 4.69) is 11.4 Å². The Morgan fingerprint density at radius 2 is 2.00 bits per heavy atom. The highest BCUT2D eigenvalue weighted by molar-refractivity contribution is 7.99. The number of nitrogens with zero attached hydrogens (tertiary/aromatic N) is 2. The second-order valence-corrected chi connectivity index (χ2v) is 7.90. The molecule has 0 radical (unpaired) electrons. The van der Waals surface area contributed by atoms with E-state index in [9.17, 15) is 9.59 Å². The highest BCUT2D eigenvalue weighted by atomic mass is 32.2. The minimum Gasteiger partial charge on any atom is -0.472 e. The van der Waals surface area contributed by atoms with Crippen LogP contribution in [0.1, 0.15) is 27.0 Å². The first-order valence-corrected chi connectivity index (χ1v) is 10.6. The standard InChI is InChI=1S/C23H19N3O3S/c24-12-16-1-3-17(4-2-16)14-30-15-22(27)25-20-5-6-21-18(11-20)7-9-26(21)23(28)19-8-10-29-13-19/h1-6,8,10-11,13H,7,9,14-15H2,(H,25,27). The third-order valence-electron chi connectivity index (χ3n) is 4.86. The van der Waals surface area contributed by atoms with E-state index in [0.717, 1.165) is 28.9 Å². The fraction of sp³-hybridized carbons (Fsp3) is 0.174. The molecule has 0 unspecified atom stereocenters. The molecule has 1 N–H and O–H groups in total. The van der Waals surface area contributed by atoms with E-state index < -0.39 is 0 Å². The van der Waals surface area contributed by atoms with Crippen LogP contribution in [0.3, 0.4) is 0 Å². The van der Waals surface area contributed by atoms with E-state index in [1.807, 2.05) is 30.3 Å². The normalized spacial score (nSPS) is 12.3. The average molecular weight is 417 g/mol. The number of rotatable bonds is 6. The van der Waals surface area contributed by atoms with E-state index in [1.54, 1.807) is 23.1 Å². The molecule has 2 amide bonds. The molecule has 2 aromatic carbocycles. The van der Waals surface area contributed by atoms with E-state index in [1.165, 1.54) is 24.3 Å². The van der Waals surface area contributed by atoms with E-state index in [-0.39, 0.29) is 11.8 Å². The first kappa shape index (κ1) is 19.8. The zero-order chi connectivity index (χ0) is 20.9. The summed E-state index contributed by atoms with van der Waals surface area (Å²) in [7, 11) is 0. The molecule has 0 spiro atoms. The second-order valence-electron chi connectivity index (χ2n) is 6.91. The van der Waals surface area contributed by atoms with Crippen molar-refractivity contribution in [3.8, 4) is 6.07 Å². The molecular weight excluding hydrogens is 398 g/mol. The Morgan fingerprint density at radius 3 is 2.73 bits per heavy atom. The van der Waals surface area contributed by atoms with Crippen molar-refractivity contribution in [3.05, 3.63) is 83.3 Å². The monoisotopic (exact) mass is 417 g/mol. The summed E-state index contributed by atoms with van der Waals surface area (Å²) < 4.78 is 5.01. The van der Waals surface area contributed by atoms with Crippen LogP contribution in [0.25, 0.3) is 0 Å². The molecule has 1 aliphatic rings. The topological polar surface area (TPSA) is 86.3 Å². The molecule has 0 saturated heterocycles. The maximum Gasteiger partial charge on any atom is 0.261 e. The van der Waals surface area contributed by atoms with Crippen LogP contribution in [0.5, 0.6) is 0 Å². The lowest BCUT2D eigenvalue weighted by Gasteiger charge is -2.16. The van der Waals surface area contributed by atoms with E-state index in [4.69, 9.17) is 9.68 Å². The molecule has 0 aliphatic carbocycles. The summed E-state index contributed by atoms with van der Waals surface area (Å²) in [6, 6.07) is 16.7. The molecule has 30 heavy (non-hydrogen) atoms. The Hall–Kier alpha value is -3.50. The number of furan rings is 1. The summed E-state index contributed by atoms with van der Waals surface area (Å²) in [5.41, 5.74) is 4.87. The van der Waals surface area contributed by atoms with Gasteiger partial charge in [0.1, 0.15) is 6.26 Å². The molecule has 7 heteroatoms. The van der Waals surface area contributed by atoms with Gasteiger partial charge in [-0.1, -0.05) is 12.1 Å². The summed E-state index contributed by atoms with van der Waals surface area (Å²) in [4.78, 5) is 26.6. The fourth-order valence-corrected chi connectivity index (χ4v) is 4.15. The first-order chi connectivity index (χ1) is 14.6. The van der Waals surface area contributed by atoms with Gasteiger partial charge in [-0.15, -0.1) is 11.8 Å². The largest absolute Gasteiger partial charge is 0.472 e. The van der Waals surface area contributed by atoms with Gasteiger partial charge in [-0.3, -0.25) is 9.59 Å². The van der Waals surface area contributed by atoms with Crippen LogP contribution in [0.4, 0.5) is 11.4 Å². The van der Waals surface area contributed by atoms with Crippen molar-refractivity contribution in [2.75, 3.05) is 22.5 Å². The zero-order valence-electron chi connectivity index (χ0n) is 16.1. The van der Waals surface area contributed by atoms with Gasteiger partial charge in [0.25, 0.3) is 5.91 Å². The van der Waals surface area contributed by atoms with Gasteiger partial charge >= 0.3 is 0 Å². The summed E-state index contributed by atoms with van der Waals surface area (Å²) in [6.07, 6.45) is 3.68. The molecule has 3 aromatic rings. The van der Waals surface area contributed by atoms with Crippen molar-refractivity contribution in [2.45, 2.75) is 12.2 Å². The Labute approximate surface area is 178 Å². The molecule has 0 fully saturated rings. The van der Waals surface area contributed by atoms with Gasteiger partial charge in [-0.05, 0) is 53.9 Å². The number of carbonyl (C=O) groups is 2. The third kappa shape index (κ3) is 4.39. The minimum atomic E-state index is -0.0847. The van der Waals surface area contributed by atoms with Crippen LogP contribution in [0.15, 0.2) is 65.5 Å². The van der Waals surface area contributed by atoms with Crippen molar-refractivity contribution in [1.82, 2.24) is 0 Å². The quantitative estimate of drug-likeness (QED) is 0.649. The summed E-state index contributed by atoms with van der Waals surface area (Å²) in [6.45, 7) is 0.608. The highest BCUT2D eigenvalue weighted by Crippen LogP contribution is 2.31. The predicted molar refractivity (Wildman–Crippen MR) is 116 cm³/mol. The van der Waals surface area contributed by atoms with Crippen LogP contribution in [-0.4, -0.2) is 24.1 Å². The first-order valence-electron chi connectivity index (χ1n) is 9.47. The van der Waals surface area contributed by atoms with Gasteiger partial charge in [0.15, 0.2) is 0 Å².